The fraction of sp³-hybridized carbons (Fsp3) is 0.364. The van der Waals surface area contributed by atoms with E-state index >= 15 is 0 Å². The zero-order chi connectivity index (χ0) is 12.0. The number of hydrogen-bond donors (Lipinski definition) is 3. The van der Waals surface area contributed by atoms with Crippen molar-refractivity contribution in [2.75, 3.05) is 25.0 Å². The monoisotopic (exact) mass is 241 g/mol. The Morgan fingerprint density at radius 2 is 2.19 bits per heavy atom. The Bertz CT molecular complexity index is 368. The molecule has 0 aliphatic rings. The molecule has 1 aromatic rings. The van der Waals surface area contributed by atoms with Crippen LogP contribution in [0.3, 0.4) is 0 Å². The quantitative estimate of drug-likeness (QED) is 0.661. The first-order chi connectivity index (χ1) is 7.66. The summed E-state index contributed by atoms with van der Waals surface area (Å²) >= 11 is 5.91. The second-order valence-corrected chi connectivity index (χ2v) is 3.71. The molecule has 16 heavy (non-hydrogen) atoms. The summed E-state index contributed by atoms with van der Waals surface area (Å²) < 4.78 is 0. The average Bonchev–Trinajstić information content (AvgIpc) is 2.24. The van der Waals surface area contributed by atoms with E-state index in [9.17, 15) is 4.79 Å². The molecular formula is C11H16ClN3O. The highest BCUT2D eigenvalue weighted by atomic mass is 35.5. The number of nitrogens with two attached hydrogens (primary N) is 1. The van der Waals surface area contributed by atoms with Crippen molar-refractivity contribution in [2.45, 2.75) is 6.92 Å². The normalized spacial score (nSPS) is 10.1. The maximum Gasteiger partial charge on any atom is 0.252 e. The predicted octanol–water partition coefficient (Wildman–Crippen LogP) is 1.46. The summed E-state index contributed by atoms with van der Waals surface area (Å²) in [5, 5.41) is 6.67. The van der Waals surface area contributed by atoms with Crippen LogP contribution in [-0.4, -0.2) is 25.5 Å². The zero-order valence-electron chi connectivity index (χ0n) is 9.22. The molecule has 0 radical (unpaired) electrons. The summed E-state index contributed by atoms with van der Waals surface area (Å²) in [6.45, 7) is 4.49. The minimum absolute atomic E-state index is 0.348. The number of benzene rings is 1. The van der Waals surface area contributed by atoms with Crippen LogP contribution in [0, 0.1) is 0 Å². The fourth-order valence-electron chi connectivity index (χ4n) is 1.38. The van der Waals surface area contributed by atoms with Crippen LogP contribution in [0.2, 0.25) is 5.02 Å². The Morgan fingerprint density at radius 1 is 1.44 bits per heavy atom. The van der Waals surface area contributed by atoms with E-state index < -0.39 is 5.91 Å². The predicted molar refractivity (Wildman–Crippen MR) is 67.0 cm³/mol. The van der Waals surface area contributed by atoms with Crippen LogP contribution in [0.5, 0.6) is 0 Å². The highest BCUT2D eigenvalue weighted by Crippen LogP contribution is 2.23. The lowest BCUT2D eigenvalue weighted by atomic mass is 10.1. The van der Waals surface area contributed by atoms with E-state index in [2.05, 4.69) is 10.6 Å². The zero-order valence-corrected chi connectivity index (χ0v) is 9.97. The summed E-state index contributed by atoms with van der Waals surface area (Å²) in [4.78, 5) is 11.2. The van der Waals surface area contributed by atoms with Gasteiger partial charge in [-0.15, -0.1) is 0 Å². The molecular weight excluding hydrogens is 226 g/mol. The number of primary amides is 1. The first kappa shape index (κ1) is 12.8. The molecule has 0 atom stereocenters. The first-order valence-corrected chi connectivity index (χ1v) is 5.57. The number of likely N-dealkylation sites (N-methyl/N-ethyl adjacent to an activating group) is 1. The third-order valence-electron chi connectivity index (χ3n) is 2.13. The van der Waals surface area contributed by atoms with Crippen molar-refractivity contribution in [3.8, 4) is 0 Å². The van der Waals surface area contributed by atoms with Gasteiger partial charge in [-0.25, -0.2) is 0 Å². The number of rotatable bonds is 6. The van der Waals surface area contributed by atoms with Crippen LogP contribution >= 0.6 is 11.6 Å². The van der Waals surface area contributed by atoms with E-state index in [1.807, 2.05) is 6.92 Å². The van der Waals surface area contributed by atoms with Gasteiger partial charge in [0.15, 0.2) is 0 Å². The van der Waals surface area contributed by atoms with Crippen molar-refractivity contribution < 1.29 is 4.79 Å². The second-order valence-electron chi connectivity index (χ2n) is 3.31. The van der Waals surface area contributed by atoms with Crippen molar-refractivity contribution in [3.05, 3.63) is 28.8 Å². The molecule has 4 N–H and O–H groups in total. The van der Waals surface area contributed by atoms with Crippen LogP contribution in [0.1, 0.15) is 17.3 Å². The number of hydrogen-bond acceptors (Lipinski definition) is 3. The first-order valence-electron chi connectivity index (χ1n) is 5.19. The van der Waals surface area contributed by atoms with Gasteiger partial charge in [-0.2, -0.15) is 0 Å². The second kappa shape index (κ2) is 6.35. The Labute approximate surface area is 100 Å². The molecule has 0 aliphatic heterocycles. The van der Waals surface area contributed by atoms with Crippen molar-refractivity contribution in [2.24, 2.45) is 5.73 Å². The van der Waals surface area contributed by atoms with Gasteiger partial charge in [0.1, 0.15) is 0 Å². The van der Waals surface area contributed by atoms with E-state index in [1.54, 1.807) is 18.2 Å². The van der Waals surface area contributed by atoms with E-state index in [4.69, 9.17) is 17.3 Å². The van der Waals surface area contributed by atoms with Gasteiger partial charge in [0.2, 0.25) is 0 Å². The minimum Gasteiger partial charge on any atom is -0.383 e. The molecule has 1 aromatic carbocycles. The Kier molecular flexibility index (Phi) is 5.08. The van der Waals surface area contributed by atoms with Crippen molar-refractivity contribution >= 4 is 23.2 Å². The van der Waals surface area contributed by atoms with Crippen molar-refractivity contribution in [1.29, 1.82) is 0 Å². The molecule has 4 nitrogen and oxygen atoms in total. The average molecular weight is 242 g/mol. The van der Waals surface area contributed by atoms with Gasteiger partial charge in [0.05, 0.1) is 10.6 Å². The van der Waals surface area contributed by atoms with Gasteiger partial charge in [-0.1, -0.05) is 24.6 Å². The van der Waals surface area contributed by atoms with E-state index in [1.165, 1.54) is 0 Å². The Balaban J connectivity index is 2.71. The summed E-state index contributed by atoms with van der Waals surface area (Å²) in [7, 11) is 0. The van der Waals surface area contributed by atoms with Crippen LogP contribution in [0.4, 0.5) is 5.69 Å². The van der Waals surface area contributed by atoms with Crippen molar-refractivity contribution in [3.63, 3.8) is 0 Å². The van der Waals surface area contributed by atoms with Gasteiger partial charge >= 0.3 is 0 Å². The topological polar surface area (TPSA) is 67.2 Å². The molecule has 88 valence electrons. The lowest BCUT2D eigenvalue weighted by Crippen LogP contribution is -2.23. The Morgan fingerprint density at radius 3 is 2.81 bits per heavy atom. The summed E-state index contributed by atoms with van der Waals surface area (Å²) in [5.74, 6) is -0.517. The summed E-state index contributed by atoms with van der Waals surface area (Å²) in [6.07, 6.45) is 0. The van der Waals surface area contributed by atoms with Gasteiger partial charge in [0.25, 0.3) is 5.91 Å². The molecule has 0 heterocycles. The number of carbonyl (C=O) groups is 1. The SMILES string of the molecule is CCNCCNc1cccc(Cl)c1C(N)=O. The summed E-state index contributed by atoms with van der Waals surface area (Å²) in [5.41, 5.74) is 6.29. The maximum absolute atomic E-state index is 11.2. The molecule has 0 aliphatic carbocycles. The molecule has 0 unspecified atom stereocenters. The molecule has 1 amide bonds. The van der Waals surface area contributed by atoms with Crippen LogP contribution < -0.4 is 16.4 Å². The third kappa shape index (κ3) is 3.40. The Hall–Kier alpha value is -1.26. The molecule has 0 fully saturated rings. The van der Waals surface area contributed by atoms with Gasteiger partial charge in [-0.05, 0) is 18.7 Å². The van der Waals surface area contributed by atoms with E-state index in [0.717, 1.165) is 13.1 Å². The lowest BCUT2D eigenvalue weighted by molar-refractivity contribution is 0.100. The summed E-state index contributed by atoms with van der Waals surface area (Å²) in [6, 6.07) is 5.22. The van der Waals surface area contributed by atoms with Gasteiger partial charge < -0.3 is 16.4 Å². The molecule has 0 aromatic heterocycles. The van der Waals surface area contributed by atoms with Crippen molar-refractivity contribution in [1.82, 2.24) is 5.32 Å². The largest absolute Gasteiger partial charge is 0.383 e. The molecule has 1 rings (SSSR count). The van der Waals surface area contributed by atoms with Crippen LogP contribution in [-0.2, 0) is 0 Å². The van der Waals surface area contributed by atoms with E-state index in [-0.39, 0.29) is 0 Å². The van der Waals surface area contributed by atoms with Gasteiger partial charge in [0, 0.05) is 18.8 Å². The standard InChI is InChI=1S/C11H16ClN3O/c1-2-14-6-7-15-9-5-3-4-8(12)10(9)11(13)16/h3-5,14-15H,2,6-7H2,1H3,(H2,13,16). The molecule has 0 bridgehead atoms. The molecule has 0 saturated carbocycles. The van der Waals surface area contributed by atoms with Gasteiger partial charge in [-0.3, -0.25) is 4.79 Å². The fourth-order valence-corrected chi connectivity index (χ4v) is 1.65. The number of halogens is 1. The van der Waals surface area contributed by atoms with E-state index in [0.29, 0.717) is 22.8 Å². The lowest BCUT2D eigenvalue weighted by Gasteiger charge is -2.11. The third-order valence-corrected chi connectivity index (χ3v) is 2.44. The van der Waals surface area contributed by atoms with Crippen LogP contribution in [0.15, 0.2) is 18.2 Å². The highest BCUT2D eigenvalue weighted by Gasteiger charge is 2.11. The number of amides is 1. The highest BCUT2D eigenvalue weighted by molar-refractivity contribution is 6.34. The minimum atomic E-state index is -0.517. The molecule has 0 spiro atoms. The maximum atomic E-state index is 11.2. The number of nitrogens with one attached hydrogen (secondary N) is 2. The number of carbonyl (C=O) groups excluding carboxylic acids is 1. The smallest absolute Gasteiger partial charge is 0.252 e. The molecule has 5 heteroatoms. The van der Waals surface area contributed by atoms with Crippen LogP contribution in [0.25, 0.3) is 0 Å². The number of anilines is 1. The molecule has 0 saturated heterocycles.